The molecule has 0 aliphatic heterocycles. The van der Waals surface area contributed by atoms with Gasteiger partial charge in [-0.15, -0.1) is 0 Å². The molecule has 0 fully saturated rings. The number of rotatable bonds is 5. The Morgan fingerprint density at radius 2 is 1.70 bits per heavy atom. The number of carbonyl (C=O) groups excluding carboxylic acids is 1. The van der Waals surface area contributed by atoms with E-state index in [0.29, 0.717) is 11.1 Å². The molecule has 0 bridgehead atoms. The zero-order chi connectivity index (χ0) is 14.4. The van der Waals surface area contributed by atoms with Crippen LogP contribution in [0.25, 0.3) is 5.76 Å². The third-order valence-corrected chi connectivity index (χ3v) is 2.50. The number of carbonyl (C=O) groups is 1. The summed E-state index contributed by atoms with van der Waals surface area (Å²) >= 11 is 0. The molecule has 0 saturated heterocycles. The van der Waals surface area contributed by atoms with Crippen molar-refractivity contribution in [2.45, 2.75) is 0 Å². The van der Waals surface area contributed by atoms with Crippen LogP contribution in [0.1, 0.15) is 15.9 Å². The Morgan fingerprint density at radius 1 is 1.05 bits per heavy atom. The molecule has 3 nitrogen and oxygen atoms in total. The summed E-state index contributed by atoms with van der Waals surface area (Å²) in [6.45, 7) is 0. The summed E-state index contributed by atoms with van der Waals surface area (Å²) in [6, 6.07) is 11.3. The van der Waals surface area contributed by atoms with Crippen LogP contribution in [0.2, 0.25) is 0 Å². The van der Waals surface area contributed by atoms with Gasteiger partial charge in [0.1, 0.15) is 5.76 Å². The highest BCUT2D eigenvalue weighted by Crippen LogP contribution is 2.18. The molecule has 2 aromatic rings. The Hall–Kier alpha value is -2.50. The first-order valence-corrected chi connectivity index (χ1v) is 5.83. The SMILES string of the molecule is O=C(/C=C(\OB(F)F)c1ccccc1)c1ccncc1. The number of benzene rings is 1. The highest BCUT2D eigenvalue weighted by atomic mass is 19.2. The maximum atomic E-state index is 12.4. The van der Waals surface area contributed by atoms with Gasteiger partial charge in [-0.05, 0) is 12.1 Å². The van der Waals surface area contributed by atoms with Crippen LogP contribution in [0.3, 0.4) is 0 Å². The largest absolute Gasteiger partial charge is 0.796 e. The summed E-state index contributed by atoms with van der Waals surface area (Å²) < 4.78 is 29.3. The third-order valence-electron chi connectivity index (χ3n) is 2.50. The van der Waals surface area contributed by atoms with E-state index < -0.39 is 13.3 Å². The second-order valence-electron chi connectivity index (χ2n) is 3.85. The number of ketones is 1. The van der Waals surface area contributed by atoms with Crippen LogP contribution >= 0.6 is 0 Å². The summed E-state index contributed by atoms with van der Waals surface area (Å²) in [5, 5.41) is 0. The zero-order valence-electron chi connectivity index (χ0n) is 10.4. The first-order valence-electron chi connectivity index (χ1n) is 5.83. The molecule has 0 saturated carbocycles. The summed E-state index contributed by atoms with van der Waals surface area (Å²) in [4.78, 5) is 15.8. The number of allylic oxidation sites excluding steroid dienone is 1. The minimum Gasteiger partial charge on any atom is -0.505 e. The first-order chi connectivity index (χ1) is 9.66. The maximum absolute atomic E-state index is 12.4. The average molecular weight is 273 g/mol. The van der Waals surface area contributed by atoms with Gasteiger partial charge in [-0.25, -0.2) is 8.63 Å². The van der Waals surface area contributed by atoms with Crippen molar-refractivity contribution in [1.82, 2.24) is 4.98 Å². The Morgan fingerprint density at radius 3 is 2.30 bits per heavy atom. The fraction of sp³-hybridized carbons (Fsp3) is 0. The summed E-state index contributed by atoms with van der Waals surface area (Å²) in [5.41, 5.74) is 0.765. The molecule has 6 heteroatoms. The van der Waals surface area contributed by atoms with Gasteiger partial charge in [0.15, 0.2) is 5.78 Å². The molecular weight excluding hydrogens is 263 g/mol. The van der Waals surface area contributed by atoms with Gasteiger partial charge in [-0.3, -0.25) is 9.78 Å². The zero-order valence-corrected chi connectivity index (χ0v) is 10.4. The van der Waals surface area contributed by atoms with E-state index in [2.05, 4.69) is 9.64 Å². The van der Waals surface area contributed by atoms with E-state index >= 15 is 0 Å². The molecule has 0 N–H and O–H groups in total. The van der Waals surface area contributed by atoms with Crippen LogP contribution in [0, 0.1) is 0 Å². The maximum Gasteiger partial charge on any atom is 0.796 e. The highest BCUT2D eigenvalue weighted by molar-refractivity contribution is 6.36. The fourth-order valence-corrected chi connectivity index (χ4v) is 1.60. The Labute approximate surface area is 115 Å². The average Bonchev–Trinajstić information content (AvgIpc) is 2.48. The lowest BCUT2D eigenvalue weighted by atomic mass is 10.1. The van der Waals surface area contributed by atoms with Gasteiger partial charge in [0.05, 0.1) is 0 Å². The Kier molecular flexibility index (Phi) is 4.60. The number of nitrogens with zero attached hydrogens (tertiary/aromatic N) is 1. The van der Waals surface area contributed by atoms with Crippen LogP contribution in [0.5, 0.6) is 0 Å². The highest BCUT2D eigenvalue weighted by Gasteiger charge is 2.21. The summed E-state index contributed by atoms with van der Waals surface area (Å²) in [5.74, 6) is -0.589. The summed E-state index contributed by atoms with van der Waals surface area (Å²) in [7, 11) is -2.99. The van der Waals surface area contributed by atoms with Crippen molar-refractivity contribution in [2.24, 2.45) is 0 Å². The second-order valence-corrected chi connectivity index (χ2v) is 3.85. The van der Waals surface area contributed by atoms with Crippen LogP contribution in [0.4, 0.5) is 8.63 Å². The van der Waals surface area contributed by atoms with Crippen LogP contribution in [0.15, 0.2) is 60.9 Å². The van der Waals surface area contributed by atoms with Gasteiger partial charge in [-0.1, -0.05) is 30.3 Å². The molecule has 100 valence electrons. The molecule has 2 rings (SSSR count). The van der Waals surface area contributed by atoms with Crippen LogP contribution in [-0.2, 0) is 4.65 Å². The molecule has 0 spiro atoms. The van der Waals surface area contributed by atoms with Crippen molar-refractivity contribution in [3.63, 3.8) is 0 Å². The lowest BCUT2D eigenvalue weighted by Crippen LogP contribution is -2.06. The van der Waals surface area contributed by atoms with Gasteiger partial charge < -0.3 is 4.65 Å². The number of hydrogen-bond donors (Lipinski definition) is 0. The molecule has 0 atom stereocenters. The monoisotopic (exact) mass is 273 g/mol. The Balaban J connectivity index is 2.32. The van der Waals surface area contributed by atoms with Crippen LogP contribution in [-0.4, -0.2) is 18.2 Å². The van der Waals surface area contributed by atoms with Crippen molar-refractivity contribution in [1.29, 1.82) is 0 Å². The molecule has 1 aromatic carbocycles. The number of halogens is 2. The molecule has 0 radical (unpaired) electrons. The fourth-order valence-electron chi connectivity index (χ4n) is 1.60. The molecule has 1 heterocycles. The van der Waals surface area contributed by atoms with E-state index in [0.717, 1.165) is 6.08 Å². The standard InChI is InChI=1S/C14H10BF2NO2/c16-15(17)20-14(12-4-2-1-3-5-12)10-13(19)11-6-8-18-9-7-11/h1-10H/b14-10-. The van der Waals surface area contributed by atoms with Crippen molar-refractivity contribution < 1.29 is 18.1 Å². The molecule has 20 heavy (non-hydrogen) atoms. The minimum atomic E-state index is -2.99. The molecule has 0 unspecified atom stereocenters. The van der Waals surface area contributed by atoms with E-state index in [9.17, 15) is 13.4 Å². The molecule has 1 aromatic heterocycles. The van der Waals surface area contributed by atoms with Gasteiger partial charge in [0, 0.05) is 29.6 Å². The predicted molar refractivity (Wildman–Crippen MR) is 72.0 cm³/mol. The predicted octanol–water partition coefficient (Wildman–Crippen LogP) is 3.25. The topological polar surface area (TPSA) is 39.2 Å². The van der Waals surface area contributed by atoms with E-state index in [1.54, 1.807) is 30.3 Å². The number of aromatic nitrogens is 1. The number of pyridine rings is 1. The van der Waals surface area contributed by atoms with E-state index in [4.69, 9.17) is 0 Å². The first kappa shape index (κ1) is 13.9. The van der Waals surface area contributed by atoms with Gasteiger partial charge in [0.2, 0.25) is 0 Å². The van der Waals surface area contributed by atoms with Crippen molar-refractivity contribution in [2.75, 3.05) is 0 Å². The molecule has 0 amide bonds. The smallest absolute Gasteiger partial charge is 0.505 e. The van der Waals surface area contributed by atoms with E-state index in [1.807, 2.05) is 0 Å². The minimum absolute atomic E-state index is 0.164. The van der Waals surface area contributed by atoms with Crippen LogP contribution < -0.4 is 0 Å². The van der Waals surface area contributed by atoms with Gasteiger partial charge in [0.25, 0.3) is 0 Å². The molecular formula is C14H10BF2NO2. The quantitative estimate of drug-likeness (QED) is 0.363. The van der Waals surface area contributed by atoms with E-state index in [1.165, 1.54) is 24.5 Å². The van der Waals surface area contributed by atoms with Crippen molar-refractivity contribution in [3.05, 3.63) is 72.1 Å². The van der Waals surface area contributed by atoms with Gasteiger partial charge >= 0.3 is 7.47 Å². The molecule has 0 aliphatic rings. The van der Waals surface area contributed by atoms with E-state index in [-0.39, 0.29) is 5.76 Å². The lowest BCUT2D eigenvalue weighted by molar-refractivity contribution is 0.104. The Bertz CT molecular complexity index is 603. The summed E-state index contributed by atoms with van der Waals surface area (Å²) in [6.07, 6.45) is 3.96. The third kappa shape index (κ3) is 3.75. The number of hydrogen-bond acceptors (Lipinski definition) is 3. The molecule has 0 aliphatic carbocycles. The second kappa shape index (κ2) is 6.61. The normalized spacial score (nSPS) is 11.0. The van der Waals surface area contributed by atoms with Crippen molar-refractivity contribution >= 4 is 19.0 Å². The lowest BCUT2D eigenvalue weighted by Gasteiger charge is -2.08. The van der Waals surface area contributed by atoms with Crippen molar-refractivity contribution in [3.8, 4) is 0 Å². The van der Waals surface area contributed by atoms with Gasteiger partial charge in [-0.2, -0.15) is 0 Å².